The van der Waals surface area contributed by atoms with E-state index in [-0.39, 0.29) is 23.9 Å². The van der Waals surface area contributed by atoms with Gasteiger partial charge in [0.25, 0.3) is 0 Å². The third-order valence-corrected chi connectivity index (χ3v) is 11.0. The Morgan fingerprint density at radius 1 is 1.21 bits per heavy atom. The van der Waals surface area contributed by atoms with Crippen LogP contribution in [0.1, 0.15) is 46.1 Å². The van der Waals surface area contributed by atoms with E-state index in [0.29, 0.717) is 19.1 Å². The summed E-state index contributed by atoms with van der Waals surface area (Å²) in [5, 5.41) is 20.0. The standard InChI is InChI=1S/C23H40O5Si/c1-17-14-21(28-20(17)12-13-27-29(5,6)23(2,3)4)22(19(25)15-24)26-16-18-10-8-7-9-11-18/h7-11,17,19-22,24-25H,12-16H2,1-6H3/t17-,19+,20+,21-,22+/m0/s1. The highest BCUT2D eigenvalue weighted by molar-refractivity contribution is 6.74. The minimum atomic E-state index is -1.76. The molecule has 0 aromatic heterocycles. The molecule has 1 aromatic rings. The van der Waals surface area contributed by atoms with E-state index in [4.69, 9.17) is 13.9 Å². The van der Waals surface area contributed by atoms with Crippen LogP contribution in [0.25, 0.3) is 0 Å². The van der Waals surface area contributed by atoms with Gasteiger partial charge in [0.15, 0.2) is 8.32 Å². The monoisotopic (exact) mass is 424 g/mol. The van der Waals surface area contributed by atoms with Gasteiger partial charge in [-0.2, -0.15) is 0 Å². The quantitative estimate of drug-likeness (QED) is 0.553. The zero-order chi connectivity index (χ0) is 21.7. The first-order valence-corrected chi connectivity index (χ1v) is 13.7. The summed E-state index contributed by atoms with van der Waals surface area (Å²) in [4.78, 5) is 0. The molecule has 0 bridgehead atoms. The smallest absolute Gasteiger partial charge is 0.191 e. The third-order valence-electron chi connectivity index (χ3n) is 6.48. The molecule has 2 rings (SSSR count). The summed E-state index contributed by atoms with van der Waals surface area (Å²) in [5.74, 6) is 0.358. The zero-order valence-electron chi connectivity index (χ0n) is 18.9. The average molecular weight is 425 g/mol. The Morgan fingerprint density at radius 3 is 2.45 bits per heavy atom. The van der Waals surface area contributed by atoms with E-state index >= 15 is 0 Å². The van der Waals surface area contributed by atoms with Crippen molar-refractivity contribution in [3.8, 4) is 0 Å². The Hall–Kier alpha value is -0.763. The SMILES string of the molecule is C[C@H]1C[C@@H]([C@H](OCc2ccccc2)[C@H](O)CO)O[C@@H]1CCO[Si](C)(C)C(C)(C)C. The Bertz CT molecular complexity index is 601. The van der Waals surface area contributed by atoms with Crippen LogP contribution in [0.4, 0.5) is 0 Å². The maximum Gasteiger partial charge on any atom is 0.191 e. The number of hydrogen-bond donors (Lipinski definition) is 2. The molecule has 1 aromatic carbocycles. The van der Waals surface area contributed by atoms with Crippen molar-refractivity contribution in [3.63, 3.8) is 0 Å². The fourth-order valence-corrected chi connectivity index (χ4v) is 4.54. The Morgan fingerprint density at radius 2 is 1.86 bits per heavy atom. The van der Waals surface area contributed by atoms with Gasteiger partial charge in [0, 0.05) is 6.61 Å². The molecule has 0 saturated carbocycles. The first-order chi connectivity index (χ1) is 13.5. The van der Waals surface area contributed by atoms with Gasteiger partial charge >= 0.3 is 0 Å². The highest BCUT2D eigenvalue weighted by atomic mass is 28.4. The van der Waals surface area contributed by atoms with Crippen LogP contribution in [0.5, 0.6) is 0 Å². The van der Waals surface area contributed by atoms with Gasteiger partial charge in [-0.3, -0.25) is 0 Å². The van der Waals surface area contributed by atoms with E-state index in [9.17, 15) is 10.2 Å². The minimum absolute atomic E-state index is 0.0819. The van der Waals surface area contributed by atoms with Gasteiger partial charge in [0.2, 0.25) is 0 Å². The van der Waals surface area contributed by atoms with Crippen molar-refractivity contribution in [1.82, 2.24) is 0 Å². The van der Waals surface area contributed by atoms with Crippen LogP contribution in [0, 0.1) is 5.92 Å². The molecule has 1 fully saturated rings. The second-order valence-corrected chi connectivity index (χ2v) is 14.6. The minimum Gasteiger partial charge on any atom is -0.417 e. The van der Waals surface area contributed by atoms with Gasteiger partial charge in [-0.05, 0) is 42.5 Å². The molecule has 0 radical (unpaired) electrons. The summed E-state index contributed by atoms with van der Waals surface area (Å²) in [7, 11) is -1.76. The number of benzene rings is 1. The summed E-state index contributed by atoms with van der Waals surface area (Å²) in [6.45, 7) is 14.2. The number of hydrogen-bond acceptors (Lipinski definition) is 5. The van der Waals surface area contributed by atoms with E-state index in [1.807, 2.05) is 30.3 Å². The molecule has 0 aliphatic carbocycles. The zero-order valence-corrected chi connectivity index (χ0v) is 19.9. The Balaban J connectivity index is 1.91. The lowest BCUT2D eigenvalue weighted by molar-refractivity contribution is -0.134. The van der Waals surface area contributed by atoms with Gasteiger partial charge in [-0.15, -0.1) is 0 Å². The van der Waals surface area contributed by atoms with Crippen LogP contribution in [-0.2, 0) is 20.5 Å². The number of rotatable bonds is 10. The summed E-state index contributed by atoms with van der Waals surface area (Å²) in [5.41, 5.74) is 1.04. The second-order valence-electron chi connectivity index (χ2n) is 9.83. The van der Waals surface area contributed by atoms with Gasteiger partial charge in [0.1, 0.15) is 12.2 Å². The van der Waals surface area contributed by atoms with Crippen LogP contribution in [-0.4, -0.2) is 56.2 Å². The van der Waals surface area contributed by atoms with E-state index < -0.39 is 20.5 Å². The van der Waals surface area contributed by atoms with E-state index in [1.165, 1.54) is 0 Å². The lowest BCUT2D eigenvalue weighted by Crippen LogP contribution is -2.42. The third kappa shape index (κ3) is 6.87. The van der Waals surface area contributed by atoms with Crippen molar-refractivity contribution < 1.29 is 24.1 Å². The van der Waals surface area contributed by atoms with Crippen LogP contribution in [0.15, 0.2) is 30.3 Å². The molecule has 1 aliphatic rings. The molecule has 0 unspecified atom stereocenters. The van der Waals surface area contributed by atoms with Crippen LogP contribution in [0.2, 0.25) is 18.1 Å². The van der Waals surface area contributed by atoms with Gasteiger partial charge in [-0.1, -0.05) is 58.0 Å². The van der Waals surface area contributed by atoms with Crippen molar-refractivity contribution in [1.29, 1.82) is 0 Å². The normalized spacial score (nSPS) is 25.2. The summed E-state index contributed by atoms with van der Waals surface area (Å²) >= 11 is 0. The highest BCUT2D eigenvalue weighted by Crippen LogP contribution is 2.37. The molecule has 5 nitrogen and oxygen atoms in total. The summed E-state index contributed by atoms with van der Waals surface area (Å²) in [6.07, 6.45) is -0.00848. The Kier molecular flexibility index (Phi) is 8.88. The fourth-order valence-electron chi connectivity index (χ4n) is 3.48. The van der Waals surface area contributed by atoms with Crippen molar-refractivity contribution in [3.05, 3.63) is 35.9 Å². The number of aliphatic hydroxyl groups excluding tert-OH is 2. The second kappa shape index (κ2) is 10.5. The largest absolute Gasteiger partial charge is 0.417 e. The average Bonchev–Trinajstić information content (AvgIpc) is 3.02. The lowest BCUT2D eigenvalue weighted by atomic mass is 9.96. The molecule has 0 amide bonds. The summed E-state index contributed by atoms with van der Waals surface area (Å²) in [6, 6.07) is 9.86. The van der Waals surface area contributed by atoms with E-state index in [1.54, 1.807) is 0 Å². The number of ether oxygens (including phenoxy) is 2. The highest BCUT2D eigenvalue weighted by Gasteiger charge is 2.41. The summed E-state index contributed by atoms with van der Waals surface area (Å²) < 4.78 is 18.6. The van der Waals surface area contributed by atoms with Crippen molar-refractivity contribution in [2.75, 3.05) is 13.2 Å². The first-order valence-electron chi connectivity index (χ1n) is 10.8. The maximum atomic E-state index is 10.3. The van der Waals surface area contributed by atoms with Gasteiger partial charge in [0.05, 0.1) is 25.4 Å². The van der Waals surface area contributed by atoms with Crippen LogP contribution in [0.3, 0.4) is 0 Å². The van der Waals surface area contributed by atoms with Crippen molar-refractivity contribution in [2.45, 2.75) is 89.7 Å². The van der Waals surface area contributed by atoms with E-state index in [0.717, 1.165) is 18.4 Å². The van der Waals surface area contributed by atoms with Crippen LogP contribution >= 0.6 is 0 Å². The molecule has 0 spiro atoms. The molecule has 29 heavy (non-hydrogen) atoms. The van der Waals surface area contributed by atoms with Gasteiger partial charge < -0.3 is 24.1 Å². The molecule has 6 heteroatoms. The fraction of sp³-hybridized carbons (Fsp3) is 0.739. The predicted octanol–water partition coefficient (Wildman–Crippen LogP) is 4.13. The van der Waals surface area contributed by atoms with E-state index in [2.05, 4.69) is 40.8 Å². The Labute approximate surface area is 177 Å². The molecule has 1 aliphatic heterocycles. The van der Waals surface area contributed by atoms with Gasteiger partial charge in [-0.25, -0.2) is 0 Å². The maximum absolute atomic E-state index is 10.3. The molecular weight excluding hydrogens is 384 g/mol. The number of aliphatic hydroxyl groups is 2. The first kappa shape index (κ1) is 24.5. The molecule has 2 N–H and O–H groups in total. The van der Waals surface area contributed by atoms with Crippen molar-refractivity contribution >= 4 is 8.32 Å². The topological polar surface area (TPSA) is 68.2 Å². The molecule has 166 valence electrons. The molecule has 1 heterocycles. The van der Waals surface area contributed by atoms with Crippen molar-refractivity contribution in [2.24, 2.45) is 5.92 Å². The molecule has 5 atom stereocenters. The van der Waals surface area contributed by atoms with Crippen LogP contribution < -0.4 is 0 Å². The lowest BCUT2D eigenvalue weighted by Gasteiger charge is -2.36. The molecule has 1 saturated heterocycles. The molecular formula is C23H40O5Si. The predicted molar refractivity (Wildman–Crippen MR) is 118 cm³/mol.